The third-order valence-electron chi connectivity index (χ3n) is 2.57. The summed E-state index contributed by atoms with van der Waals surface area (Å²) >= 11 is 5.11. The molecular weight excluding hydrogens is 326 g/mol. The monoisotopic (exact) mass is 339 g/mol. The van der Waals surface area contributed by atoms with Crippen LogP contribution in [0.25, 0.3) is 0 Å². The minimum Gasteiger partial charge on any atom is -0.373 e. The second-order valence-corrected chi connectivity index (χ2v) is 6.44. The molecule has 6 heteroatoms. The van der Waals surface area contributed by atoms with Crippen molar-refractivity contribution in [3.05, 3.63) is 44.7 Å². The summed E-state index contributed by atoms with van der Waals surface area (Å²) in [5.74, 6) is 0.658. The molecule has 0 saturated heterocycles. The van der Waals surface area contributed by atoms with Crippen LogP contribution in [0, 0.1) is 0 Å². The number of amides is 1. The van der Waals surface area contributed by atoms with E-state index in [1.165, 1.54) is 4.88 Å². The van der Waals surface area contributed by atoms with E-state index in [0.717, 1.165) is 16.0 Å². The average molecular weight is 340 g/mol. The first kappa shape index (κ1) is 14.0. The Balaban J connectivity index is 1.83. The van der Waals surface area contributed by atoms with E-state index in [0.29, 0.717) is 12.1 Å². The molecule has 0 spiro atoms. The molecule has 0 radical (unpaired) electrons. The fraction of sp³-hybridized carbons (Fsp3) is 0.231. The number of hydrogen-bond acceptors (Lipinski definition) is 4. The second kappa shape index (κ2) is 6.68. The lowest BCUT2D eigenvalue weighted by molar-refractivity contribution is 0.0954. The Morgan fingerprint density at radius 3 is 2.79 bits per heavy atom. The van der Waals surface area contributed by atoms with Crippen molar-refractivity contribution in [1.29, 1.82) is 0 Å². The number of carbonyl (C=O) groups is 1. The summed E-state index contributed by atoms with van der Waals surface area (Å²) in [6, 6.07) is 7.62. The summed E-state index contributed by atoms with van der Waals surface area (Å²) in [5.41, 5.74) is 0.575. The van der Waals surface area contributed by atoms with Crippen LogP contribution in [0.15, 0.2) is 34.2 Å². The van der Waals surface area contributed by atoms with E-state index in [9.17, 15) is 4.79 Å². The van der Waals surface area contributed by atoms with E-state index in [4.69, 9.17) is 0 Å². The maximum Gasteiger partial charge on any atom is 0.252 e. The van der Waals surface area contributed by atoms with E-state index in [-0.39, 0.29) is 5.91 Å². The van der Waals surface area contributed by atoms with Gasteiger partial charge >= 0.3 is 0 Å². The number of thiophene rings is 1. The van der Waals surface area contributed by atoms with Crippen molar-refractivity contribution in [3.63, 3.8) is 0 Å². The van der Waals surface area contributed by atoms with Gasteiger partial charge in [-0.3, -0.25) is 4.79 Å². The van der Waals surface area contributed by atoms with Crippen LogP contribution >= 0.6 is 27.3 Å². The maximum absolute atomic E-state index is 11.9. The van der Waals surface area contributed by atoms with Crippen LogP contribution < -0.4 is 10.6 Å². The van der Waals surface area contributed by atoms with E-state index in [1.807, 2.05) is 6.07 Å². The topological polar surface area (TPSA) is 54.0 Å². The number of pyridine rings is 1. The highest BCUT2D eigenvalue weighted by molar-refractivity contribution is 9.11. The molecule has 2 rings (SSSR count). The summed E-state index contributed by atoms with van der Waals surface area (Å²) < 4.78 is 1.11. The van der Waals surface area contributed by atoms with Gasteiger partial charge in [0.2, 0.25) is 0 Å². The molecule has 0 aliphatic rings. The molecule has 0 aliphatic carbocycles. The zero-order valence-corrected chi connectivity index (χ0v) is 12.8. The summed E-state index contributed by atoms with van der Waals surface area (Å²) in [5, 5.41) is 5.80. The van der Waals surface area contributed by atoms with Crippen molar-refractivity contribution in [1.82, 2.24) is 10.3 Å². The largest absolute Gasteiger partial charge is 0.373 e. The summed E-state index contributed by atoms with van der Waals surface area (Å²) in [6.45, 7) is 0.625. The van der Waals surface area contributed by atoms with Crippen LogP contribution in [0.4, 0.5) is 5.82 Å². The Bertz CT molecular complexity index is 553. The van der Waals surface area contributed by atoms with Gasteiger partial charge in [0.25, 0.3) is 5.91 Å². The summed E-state index contributed by atoms with van der Waals surface area (Å²) in [4.78, 5) is 17.2. The fourth-order valence-corrected chi connectivity index (χ4v) is 3.05. The first-order valence-electron chi connectivity index (χ1n) is 5.85. The van der Waals surface area contributed by atoms with Crippen molar-refractivity contribution < 1.29 is 4.79 Å². The molecule has 1 amide bonds. The van der Waals surface area contributed by atoms with Crippen LogP contribution in [0.5, 0.6) is 0 Å². The third kappa shape index (κ3) is 4.04. The van der Waals surface area contributed by atoms with Gasteiger partial charge in [0.15, 0.2) is 0 Å². The minimum atomic E-state index is -0.0919. The first-order valence-corrected chi connectivity index (χ1v) is 7.46. The zero-order valence-electron chi connectivity index (χ0n) is 10.4. The van der Waals surface area contributed by atoms with Gasteiger partial charge in [0.1, 0.15) is 5.82 Å². The van der Waals surface area contributed by atoms with Crippen molar-refractivity contribution in [2.75, 3.05) is 18.9 Å². The molecule has 0 bridgehead atoms. The van der Waals surface area contributed by atoms with Gasteiger partial charge in [-0.25, -0.2) is 4.98 Å². The van der Waals surface area contributed by atoms with Crippen LogP contribution in [0.2, 0.25) is 0 Å². The van der Waals surface area contributed by atoms with Gasteiger partial charge < -0.3 is 10.6 Å². The second-order valence-electron chi connectivity index (χ2n) is 3.89. The molecule has 0 fully saturated rings. The Labute approximate surface area is 124 Å². The zero-order chi connectivity index (χ0) is 13.7. The number of carbonyl (C=O) groups excluding carboxylic acids is 1. The highest BCUT2D eigenvalue weighted by Crippen LogP contribution is 2.22. The van der Waals surface area contributed by atoms with E-state index in [1.54, 1.807) is 36.7 Å². The SMILES string of the molecule is CNc1ccc(C(=O)NCCc2ccc(Br)s2)cn1. The van der Waals surface area contributed by atoms with Crippen LogP contribution in [0.3, 0.4) is 0 Å². The molecule has 4 nitrogen and oxygen atoms in total. The molecular formula is C13H14BrN3OS. The van der Waals surface area contributed by atoms with E-state index >= 15 is 0 Å². The van der Waals surface area contributed by atoms with Gasteiger partial charge in [0, 0.05) is 24.7 Å². The Morgan fingerprint density at radius 1 is 1.37 bits per heavy atom. The molecule has 0 aliphatic heterocycles. The molecule has 2 heterocycles. The molecule has 0 saturated carbocycles. The number of rotatable bonds is 5. The van der Waals surface area contributed by atoms with Crippen LogP contribution in [-0.2, 0) is 6.42 Å². The van der Waals surface area contributed by atoms with E-state index < -0.39 is 0 Å². The maximum atomic E-state index is 11.9. The van der Waals surface area contributed by atoms with Gasteiger partial charge in [0.05, 0.1) is 9.35 Å². The minimum absolute atomic E-state index is 0.0919. The van der Waals surface area contributed by atoms with Crippen molar-refractivity contribution in [2.45, 2.75) is 6.42 Å². The molecule has 100 valence electrons. The Hall–Kier alpha value is -1.40. The summed E-state index contributed by atoms with van der Waals surface area (Å²) in [7, 11) is 1.79. The quantitative estimate of drug-likeness (QED) is 0.880. The van der Waals surface area contributed by atoms with Gasteiger partial charge in [-0.1, -0.05) is 0 Å². The highest BCUT2D eigenvalue weighted by Gasteiger charge is 2.05. The van der Waals surface area contributed by atoms with Crippen molar-refractivity contribution >= 4 is 39.0 Å². The Morgan fingerprint density at radius 2 is 2.21 bits per heavy atom. The highest BCUT2D eigenvalue weighted by atomic mass is 79.9. The number of nitrogens with zero attached hydrogens (tertiary/aromatic N) is 1. The molecule has 2 aromatic heterocycles. The van der Waals surface area contributed by atoms with Crippen LogP contribution in [0.1, 0.15) is 15.2 Å². The lowest BCUT2D eigenvalue weighted by atomic mass is 10.2. The molecule has 2 aromatic rings. The number of halogens is 1. The smallest absolute Gasteiger partial charge is 0.252 e. The molecule has 0 atom stereocenters. The molecule has 19 heavy (non-hydrogen) atoms. The predicted molar refractivity (Wildman–Crippen MR) is 81.8 cm³/mol. The number of hydrogen-bond donors (Lipinski definition) is 2. The first-order chi connectivity index (χ1) is 9.19. The Kier molecular flexibility index (Phi) is 4.93. The number of anilines is 1. The van der Waals surface area contributed by atoms with Gasteiger partial charge in [-0.15, -0.1) is 11.3 Å². The fourth-order valence-electron chi connectivity index (χ4n) is 1.56. The van der Waals surface area contributed by atoms with E-state index in [2.05, 4.69) is 37.6 Å². The van der Waals surface area contributed by atoms with Crippen molar-refractivity contribution in [3.8, 4) is 0 Å². The molecule has 0 aromatic carbocycles. The molecule has 2 N–H and O–H groups in total. The predicted octanol–water partition coefficient (Wildman–Crippen LogP) is 2.92. The van der Waals surface area contributed by atoms with Gasteiger partial charge in [-0.05, 0) is 46.6 Å². The summed E-state index contributed by atoms with van der Waals surface area (Å²) in [6.07, 6.45) is 2.41. The van der Waals surface area contributed by atoms with Gasteiger partial charge in [-0.2, -0.15) is 0 Å². The normalized spacial score (nSPS) is 10.2. The number of aromatic nitrogens is 1. The molecule has 0 unspecified atom stereocenters. The average Bonchev–Trinajstić information content (AvgIpc) is 2.84. The third-order valence-corrected chi connectivity index (χ3v) is 4.25. The lowest BCUT2D eigenvalue weighted by Gasteiger charge is -2.05. The van der Waals surface area contributed by atoms with Crippen molar-refractivity contribution in [2.24, 2.45) is 0 Å². The lowest BCUT2D eigenvalue weighted by Crippen LogP contribution is -2.25. The number of nitrogens with one attached hydrogen (secondary N) is 2. The standard InChI is InChI=1S/C13H14BrN3OS/c1-15-12-5-2-9(8-17-12)13(18)16-7-6-10-3-4-11(14)19-10/h2-5,8H,6-7H2,1H3,(H,15,17)(H,16,18). The van der Waals surface area contributed by atoms with Crippen LogP contribution in [-0.4, -0.2) is 24.5 Å².